The van der Waals surface area contributed by atoms with Gasteiger partial charge in [-0.05, 0) is 30.5 Å². The summed E-state index contributed by atoms with van der Waals surface area (Å²) in [6, 6.07) is 3.52. The molecule has 0 bridgehead atoms. The molecule has 2 aromatic heterocycles. The van der Waals surface area contributed by atoms with Crippen LogP contribution in [0.2, 0.25) is 0 Å². The zero-order valence-corrected chi connectivity index (χ0v) is 14.3. The Morgan fingerprint density at radius 3 is 2.88 bits per heavy atom. The van der Waals surface area contributed by atoms with Gasteiger partial charge in [-0.1, -0.05) is 0 Å². The number of amides is 1. The van der Waals surface area contributed by atoms with Gasteiger partial charge in [0.25, 0.3) is 11.5 Å². The second kappa shape index (κ2) is 8.07. The van der Waals surface area contributed by atoms with Crippen LogP contribution >= 0.6 is 0 Å². The van der Waals surface area contributed by atoms with Gasteiger partial charge in [0.15, 0.2) is 0 Å². The van der Waals surface area contributed by atoms with E-state index in [2.05, 4.69) is 15.3 Å². The summed E-state index contributed by atoms with van der Waals surface area (Å²) in [5.74, 6) is -0.566. The van der Waals surface area contributed by atoms with E-state index in [4.69, 9.17) is 9.47 Å². The molecule has 1 fully saturated rings. The quantitative estimate of drug-likeness (QED) is 0.760. The Hall–Kier alpha value is -2.78. The largest absolute Gasteiger partial charge is 0.382 e. The van der Waals surface area contributed by atoms with Crippen LogP contribution < -0.4 is 16.6 Å². The molecule has 0 saturated carbocycles. The van der Waals surface area contributed by atoms with Crippen molar-refractivity contribution < 1.29 is 14.3 Å². The van der Waals surface area contributed by atoms with Crippen molar-refractivity contribution in [2.24, 2.45) is 0 Å². The fourth-order valence-corrected chi connectivity index (χ4v) is 2.84. The number of aromatic amines is 1. The topological polar surface area (TPSA) is 115 Å². The number of carbonyl (C=O) groups excluding carboxylic acids is 1. The van der Waals surface area contributed by atoms with E-state index in [1.165, 1.54) is 10.8 Å². The van der Waals surface area contributed by atoms with Crippen LogP contribution in [0.4, 0.5) is 0 Å². The smallest absolute Gasteiger partial charge is 0.330 e. The number of hydrogen-bond donors (Lipinski definition) is 2. The van der Waals surface area contributed by atoms with E-state index < -0.39 is 23.4 Å². The summed E-state index contributed by atoms with van der Waals surface area (Å²) in [4.78, 5) is 42.6. The molecule has 9 heteroatoms. The number of H-pyrrole nitrogens is 1. The predicted octanol–water partition coefficient (Wildman–Crippen LogP) is 0.186. The van der Waals surface area contributed by atoms with E-state index in [0.29, 0.717) is 13.0 Å². The summed E-state index contributed by atoms with van der Waals surface area (Å²) in [5, 5.41) is 2.66. The van der Waals surface area contributed by atoms with Crippen molar-refractivity contribution in [1.82, 2.24) is 19.9 Å². The number of nitrogens with one attached hydrogen (secondary N) is 2. The van der Waals surface area contributed by atoms with Gasteiger partial charge in [-0.25, -0.2) is 4.79 Å². The average Bonchev–Trinajstić information content (AvgIpc) is 3.09. The third kappa shape index (κ3) is 4.06. The van der Waals surface area contributed by atoms with Gasteiger partial charge in [0.1, 0.15) is 11.8 Å². The first kappa shape index (κ1) is 18.0. The molecular weight excluding hydrogens is 340 g/mol. The van der Waals surface area contributed by atoms with Crippen LogP contribution in [0, 0.1) is 0 Å². The zero-order chi connectivity index (χ0) is 18.5. The van der Waals surface area contributed by atoms with Crippen molar-refractivity contribution in [3.8, 4) is 0 Å². The van der Waals surface area contributed by atoms with E-state index in [1.807, 2.05) is 0 Å². The minimum atomic E-state index is -0.732. The highest BCUT2D eigenvalue weighted by atomic mass is 16.5. The maximum absolute atomic E-state index is 12.4. The standard InChI is InChI=1S/C17H20N4O5/c1-25-10-12-2-3-14(26-12)21-9-13(16(23)20-17(21)24)15(22)19-8-11-4-6-18-7-5-11/h4-7,9,12,14H,2-3,8,10H2,1H3,(H,19,22)(H,20,23,24). The van der Waals surface area contributed by atoms with Crippen molar-refractivity contribution in [3.63, 3.8) is 0 Å². The minimum absolute atomic E-state index is 0.118. The summed E-state index contributed by atoms with van der Waals surface area (Å²) < 4.78 is 12.1. The minimum Gasteiger partial charge on any atom is -0.382 e. The SMILES string of the molecule is COCC1CCC(n2cc(C(=O)NCc3ccncc3)c(=O)[nH]c2=O)O1. The summed E-state index contributed by atoms with van der Waals surface area (Å²) in [5.41, 5.74) is -0.634. The van der Waals surface area contributed by atoms with Crippen LogP contribution in [-0.4, -0.2) is 40.3 Å². The number of carbonyl (C=O) groups is 1. The van der Waals surface area contributed by atoms with Crippen LogP contribution in [-0.2, 0) is 16.0 Å². The predicted molar refractivity (Wildman–Crippen MR) is 91.7 cm³/mol. The molecule has 1 saturated heterocycles. The van der Waals surface area contributed by atoms with Gasteiger partial charge in [0, 0.05) is 32.2 Å². The van der Waals surface area contributed by atoms with Crippen molar-refractivity contribution in [2.75, 3.05) is 13.7 Å². The Labute approximate surface area is 149 Å². The molecule has 2 N–H and O–H groups in total. The second-order valence-corrected chi connectivity index (χ2v) is 5.99. The van der Waals surface area contributed by atoms with Gasteiger partial charge in [0.05, 0.1) is 12.7 Å². The fourth-order valence-electron chi connectivity index (χ4n) is 2.84. The first-order valence-electron chi connectivity index (χ1n) is 8.25. The molecule has 0 aromatic carbocycles. The van der Waals surface area contributed by atoms with Crippen molar-refractivity contribution >= 4 is 5.91 Å². The number of methoxy groups -OCH3 is 1. The lowest BCUT2D eigenvalue weighted by Crippen LogP contribution is -2.38. The Bertz CT molecular complexity index is 877. The molecule has 9 nitrogen and oxygen atoms in total. The zero-order valence-electron chi connectivity index (χ0n) is 14.3. The molecule has 1 aliphatic rings. The second-order valence-electron chi connectivity index (χ2n) is 5.99. The van der Waals surface area contributed by atoms with E-state index >= 15 is 0 Å². The maximum Gasteiger partial charge on any atom is 0.330 e. The number of aromatic nitrogens is 3. The first-order valence-corrected chi connectivity index (χ1v) is 8.25. The van der Waals surface area contributed by atoms with E-state index in [1.54, 1.807) is 31.6 Å². The molecule has 1 aliphatic heterocycles. The van der Waals surface area contributed by atoms with Crippen molar-refractivity contribution in [2.45, 2.75) is 31.7 Å². The molecule has 0 aliphatic carbocycles. The van der Waals surface area contributed by atoms with Gasteiger partial charge < -0.3 is 14.8 Å². The molecule has 0 radical (unpaired) electrons. The number of nitrogens with zero attached hydrogens (tertiary/aromatic N) is 2. The summed E-state index contributed by atoms with van der Waals surface area (Å²) >= 11 is 0. The van der Waals surface area contributed by atoms with E-state index in [0.717, 1.165) is 12.0 Å². The van der Waals surface area contributed by atoms with Crippen LogP contribution in [0.3, 0.4) is 0 Å². The maximum atomic E-state index is 12.4. The third-order valence-corrected chi connectivity index (χ3v) is 4.16. The van der Waals surface area contributed by atoms with Crippen LogP contribution in [0.15, 0.2) is 40.3 Å². The van der Waals surface area contributed by atoms with E-state index in [9.17, 15) is 14.4 Å². The molecule has 2 unspecified atom stereocenters. The molecule has 2 aromatic rings. The highest BCUT2D eigenvalue weighted by Crippen LogP contribution is 2.26. The van der Waals surface area contributed by atoms with Crippen LogP contribution in [0.1, 0.15) is 35.0 Å². The van der Waals surface area contributed by atoms with Gasteiger partial charge >= 0.3 is 5.69 Å². The van der Waals surface area contributed by atoms with Gasteiger partial charge in [-0.15, -0.1) is 0 Å². The van der Waals surface area contributed by atoms with Crippen LogP contribution in [0.5, 0.6) is 0 Å². The molecule has 26 heavy (non-hydrogen) atoms. The third-order valence-electron chi connectivity index (χ3n) is 4.16. The highest BCUT2D eigenvalue weighted by molar-refractivity contribution is 5.93. The lowest BCUT2D eigenvalue weighted by atomic mass is 10.2. The normalized spacial score (nSPS) is 19.4. The Morgan fingerprint density at radius 1 is 1.38 bits per heavy atom. The summed E-state index contributed by atoms with van der Waals surface area (Å²) in [7, 11) is 1.58. The number of rotatable bonds is 6. The lowest BCUT2D eigenvalue weighted by Gasteiger charge is -2.16. The number of pyridine rings is 1. The molecule has 0 spiro atoms. The molecule has 1 amide bonds. The van der Waals surface area contributed by atoms with Gasteiger partial charge in [-0.2, -0.15) is 0 Å². The average molecular weight is 360 g/mol. The van der Waals surface area contributed by atoms with Crippen LogP contribution in [0.25, 0.3) is 0 Å². The van der Waals surface area contributed by atoms with Gasteiger partial charge in [0.2, 0.25) is 0 Å². The van der Waals surface area contributed by atoms with Crippen molar-refractivity contribution in [3.05, 3.63) is 62.7 Å². The highest BCUT2D eigenvalue weighted by Gasteiger charge is 2.28. The molecular formula is C17H20N4O5. The Balaban J connectivity index is 1.76. The Morgan fingerprint density at radius 2 is 2.15 bits per heavy atom. The number of ether oxygens (including phenoxy) is 2. The molecule has 3 rings (SSSR count). The first-order chi connectivity index (χ1) is 12.6. The fraction of sp³-hybridized carbons (Fsp3) is 0.412. The summed E-state index contributed by atoms with van der Waals surface area (Å²) in [6.07, 6.45) is 5.15. The van der Waals surface area contributed by atoms with E-state index in [-0.39, 0.29) is 18.2 Å². The Kier molecular flexibility index (Phi) is 5.59. The molecule has 3 heterocycles. The van der Waals surface area contributed by atoms with Crippen molar-refractivity contribution in [1.29, 1.82) is 0 Å². The molecule has 2 atom stereocenters. The molecule has 138 valence electrons. The lowest BCUT2D eigenvalue weighted by molar-refractivity contribution is -0.0336. The monoisotopic (exact) mass is 360 g/mol. The summed E-state index contributed by atoms with van der Waals surface area (Å²) in [6.45, 7) is 0.670. The van der Waals surface area contributed by atoms with Gasteiger partial charge in [-0.3, -0.25) is 24.1 Å². The number of hydrogen-bond acceptors (Lipinski definition) is 6.